The molecule has 5 rings (SSSR count). The number of benzene rings is 2. The average Bonchev–Trinajstić information content (AvgIpc) is 3.22. The predicted molar refractivity (Wildman–Crippen MR) is 94.8 cm³/mol. The van der Waals surface area contributed by atoms with Crippen LogP contribution in [0.2, 0.25) is 0 Å². The zero-order chi connectivity index (χ0) is 17.0. The molecule has 2 heterocycles. The second-order valence-corrected chi connectivity index (χ2v) is 6.04. The minimum Gasteiger partial charge on any atom is -0.245 e. The summed E-state index contributed by atoms with van der Waals surface area (Å²) < 4.78 is 8.49. The molecule has 0 amide bonds. The Hall–Kier alpha value is -3.68. The predicted octanol–water partition coefficient (Wildman–Crippen LogP) is 4.54. The number of fused-ring (bicyclic) bond motifs is 5. The van der Waals surface area contributed by atoms with Gasteiger partial charge in [-0.15, -0.1) is 0 Å². The van der Waals surface area contributed by atoms with Crippen molar-refractivity contribution in [2.45, 2.75) is 0 Å². The molecule has 0 fully saturated rings. The Morgan fingerprint density at radius 1 is 1.00 bits per heavy atom. The van der Waals surface area contributed by atoms with Crippen molar-refractivity contribution in [3.05, 3.63) is 64.8 Å². The van der Waals surface area contributed by atoms with Gasteiger partial charge in [0, 0.05) is 11.1 Å². The van der Waals surface area contributed by atoms with Gasteiger partial charge in [-0.05, 0) is 17.7 Å². The molecule has 0 unspecified atom stereocenters. The van der Waals surface area contributed by atoms with Crippen LogP contribution in [0.3, 0.4) is 0 Å². The number of hydrogen-bond acceptors (Lipinski definition) is 5. The first kappa shape index (κ1) is 13.7. The van der Waals surface area contributed by atoms with E-state index in [1.165, 1.54) is 0 Å². The minimum atomic E-state index is 0.0243. The molecule has 3 aromatic rings. The Morgan fingerprint density at radius 2 is 1.64 bits per heavy atom. The van der Waals surface area contributed by atoms with Gasteiger partial charge >= 0.3 is 0 Å². The van der Waals surface area contributed by atoms with Crippen LogP contribution in [-0.4, -0.2) is 9.97 Å². The Balaban J connectivity index is 1.92. The number of allylic oxidation sites excluding steroid dienone is 1. The van der Waals surface area contributed by atoms with E-state index in [-0.39, 0.29) is 5.70 Å². The smallest absolute Gasteiger partial charge is 0.245 e. The first-order valence-corrected chi connectivity index (χ1v) is 8.09. The maximum atomic E-state index is 9.38. The summed E-state index contributed by atoms with van der Waals surface area (Å²) in [6, 6.07) is 13.3. The average molecular weight is 338 g/mol. The van der Waals surface area contributed by atoms with Crippen molar-refractivity contribution in [3.63, 3.8) is 0 Å². The van der Waals surface area contributed by atoms with E-state index in [0.717, 1.165) is 39.4 Å². The monoisotopic (exact) mass is 338 g/mol. The van der Waals surface area contributed by atoms with E-state index in [4.69, 9.17) is 16.5 Å². The molecule has 0 saturated heterocycles. The SMILES string of the molecule is [C-]#[N+]/C(C#N)=C1/c2ccccc2-c2nc3cc4c(cc3nc21)N=S=N4. The fourth-order valence-electron chi connectivity index (χ4n) is 3.11. The van der Waals surface area contributed by atoms with Gasteiger partial charge in [-0.1, -0.05) is 24.3 Å². The quantitative estimate of drug-likeness (QED) is 0.307. The second-order valence-electron chi connectivity index (χ2n) is 5.51. The number of hydrogen-bond donors (Lipinski definition) is 0. The highest BCUT2D eigenvalue weighted by Gasteiger charge is 2.29. The van der Waals surface area contributed by atoms with Gasteiger partial charge in [-0.25, -0.2) is 20.1 Å². The molecule has 2 aromatic carbocycles. The Morgan fingerprint density at radius 3 is 2.28 bits per heavy atom. The van der Waals surface area contributed by atoms with Gasteiger partial charge in [-0.2, -0.15) is 8.73 Å². The maximum Gasteiger partial charge on any atom is 0.271 e. The van der Waals surface area contributed by atoms with Gasteiger partial charge in [-0.3, -0.25) is 0 Å². The summed E-state index contributed by atoms with van der Waals surface area (Å²) in [5.74, 6) is 0. The molecule has 114 valence electrons. The molecule has 7 heteroatoms. The molecule has 0 bridgehead atoms. The van der Waals surface area contributed by atoms with Crippen LogP contribution in [0.5, 0.6) is 0 Å². The Labute approximate surface area is 145 Å². The first-order chi connectivity index (χ1) is 12.3. The zero-order valence-corrected chi connectivity index (χ0v) is 13.4. The lowest BCUT2D eigenvalue weighted by molar-refractivity contribution is 1.27. The van der Waals surface area contributed by atoms with Gasteiger partial charge in [0.2, 0.25) is 0 Å². The van der Waals surface area contributed by atoms with E-state index in [1.807, 2.05) is 42.5 Å². The molecule has 0 spiro atoms. The summed E-state index contributed by atoms with van der Waals surface area (Å²) in [7, 11) is 0. The molecule has 25 heavy (non-hydrogen) atoms. The molecule has 1 aromatic heterocycles. The van der Waals surface area contributed by atoms with E-state index in [2.05, 4.69) is 13.6 Å². The molecule has 0 N–H and O–H groups in total. The highest BCUT2D eigenvalue weighted by atomic mass is 32.1. The third kappa shape index (κ3) is 1.81. The van der Waals surface area contributed by atoms with Gasteiger partial charge in [0.15, 0.2) is 0 Å². The Kier molecular flexibility index (Phi) is 2.69. The third-order valence-electron chi connectivity index (χ3n) is 4.18. The molecule has 0 atom stereocenters. The van der Waals surface area contributed by atoms with Crippen molar-refractivity contribution in [2.75, 3.05) is 0 Å². The molecular weight excluding hydrogens is 332 g/mol. The fraction of sp³-hybridized carbons (Fsp3) is 0. The van der Waals surface area contributed by atoms with Gasteiger partial charge in [0.1, 0.15) is 11.4 Å². The third-order valence-corrected chi connectivity index (χ3v) is 4.74. The fourth-order valence-corrected chi connectivity index (χ4v) is 3.62. The van der Waals surface area contributed by atoms with Gasteiger partial charge in [0.25, 0.3) is 5.70 Å². The lowest BCUT2D eigenvalue weighted by Gasteiger charge is -2.05. The normalized spacial score (nSPS) is 15.0. The second kappa shape index (κ2) is 4.91. The summed E-state index contributed by atoms with van der Waals surface area (Å²) in [6.07, 6.45) is 0. The van der Waals surface area contributed by atoms with Crippen LogP contribution in [0.25, 0.3) is 32.7 Å². The van der Waals surface area contributed by atoms with Crippen molar-refractivity contribution >= 4 is 39.3 Å². The Bertz CT molecular complexity index is 1280. The largest absolute Gasteiger partial charge is 0.271 e. The number of aromatic nitrogens is 2. The van der Waals surface area contributed by atoms with Crippen LogP contribution in [-0.2, 0) is 11.4 Å². The zero-order valence-electron chi connectivity index (χ0n) is 12.6. The molecule has 1 aliphatic carbocycles. The number of rotatable bonds is 0. The van der Waals surface area contributed by atoms with Crippen LogP contribution in [0.4, 0.5) is 11.4 Å². The molecule has 0 saturated carbocycles. The van der Waals surface area contributed by atoms with E-state index < -0.39 is 0 Å². The molecule has 0 radical (unpaired) electrons. The molecule has 6 nitrogen and oxygen atoms in total. The summed E-state index contributed by atoms with van der Waals surface area (Å²) in [6.45, 7) is 7.34. The highest BCUT2D eigenvalue weighted by molar-refractivity contribution is 7.58. The van der Waals surface area contributed by atoms with Crippen LogP contribution < -0.4 is 0 Å². The topological polar surface area (TPSA) is 78.6 Å². The number of nitriles is 1. The van der Waals surface area contributed by atoms with Crippen molar-refractivity contribution in [2.24, 2.45) is 8.73 Å². The summed E-state index contributed by atoms with van der Waals surface area (Å²) in [4.78, 5) is 12.9. The first-order valence-electron chi connectivity index (χ1n) is 7.36. The van der Waals surface area contributed by atoms with Crippen molar-refractivity contribution in [1.82, 2.24) is 9.97 Å². The lowest BCUT2D eigenvalue weighted by atomic mass is 10.0. The van der Waals surface area contributed by atoms with E-state index in [1.54, 1.807) is 0 Å². The van der Waals surface area contributed by atoms with Crippen LogP contribution in [0.1, 0.15) is 11.3 Å². The standard InChI is InChI=1S/C18H6N6S/c1-20-15(8-19)16-9-4-2-3-5-10(9)17-18(16)22-12-7-14-13(23-25-24-14)6-11(12)21-17/h2-7H/b16-15-. The summed E-state index contributed by atoms with van der Waals surface area (Å²) in [5.41, 5.74) is 6.48. The van der Waals surface area contributed by atoms with Crippen LogP contribution in [0, 0.1) is 17.9 Å². The molecular formula is C18H6N6S. The molecule has 1 aliphatic heterocycles. The van der Waals surface area contributed by atoms with Crippen LogP contribution >= 0.6 is 0 Å². The highest BCUT2D eigenvalue weighted by Crippen LogP contribution is 2.45. The summed E-state index contributed by atoms with van der Waals surface area (Å²) >= 11 is 1.15. The number of nitrogens with zero attached hydrogens (tertiary/aromatic N) is 6. The van der Waals surface area contributed by atoms with E-state index >= 15 is 0 Å². The molecule has 2 aliphatic rings. The van der Waals surface area contributed by atoms with Gasteiger partial charge in [0.05, 0.1) is 46.4 Å². The van der Waals surface area contributed by atoms with Crippen molar-refractivity contribution < 1.29 is 0 Å². The van der Waals surface area contributed by atoms with E-state index in [0.29, 0.717) is 22.5 Å². The van der Waals surface area contributed by atoms with Gasteiger partial charge < -0.3 is 0 Å². The minimum absolute atomic E-state index is 0.0243. The maximum absolute atomic E-state index is 9.38. The van der Waals surface area contributed by atoms with Crippen molar-refractivity contribution in [3.8, 4) is 17.3 Å². The van der Waals surface area contributed by atoms with Crippen molar-refractivity contribution in [1.29, 1.82) is 5.26 Å². The van der Waals surface area contributed by atoms with Crippen LogP contribution in [0.15, 0.2) is 50.8 Å². The van der Waals surface area contributed by atoms with E-state index in [9.17, 15) is 5.26 Å². The lowest BCUT2D eigenvalue weighted by Crippen LogP contribution is -1.93. The summed E-state index contributed by atoms with van der Waals surface area (Å²) in [5, 5.41) is 9.38.